The quantitative estimate of drug-likeness (QED) is 0.713. The number of rotatable bonds is 6. The van der Waals surface area contributed by atoms with Gasteiger partial charge in [0.25, 0.3) is 0 Å². The smallest absolute Gasteiger partial charge is 0.238 e. The first-order valence-electron chi connectivity index (χ1n) is 5.91. The van der Waals surface area contributed by atoms with Gasteiger partial charge in [0.2, 0.25) is 5.91 Å². The molecule has 0 aromatic carbocycles. The van der Waals surface area contributed by atoms with E-state index in [9.17, 15) is 4.79 Å². The molecule has 92 valence electrons. The van der Waals surface area contributed by atoms with Gasteiger partial charge >= 0.3 is 0 Å². The first-order valence-corrected chi connectivity index (χ1v) is 7.06. The largest absolute Gasteiger partial charge is 0.377 e. The molecule has 0 radical (unpaired) electrons. The molecule has 1 aliphatic heterocycles. The molecule has 1 saturated heterocycles. The number of hydrogen-bond donors (Lipinski definition) is 2. The van der Waals surface area contributed by atoms with Crippen molar-refractivity contribution in [3.63, 3.8) is 0 Å². The zero-order chi connectivity index (χ0) is 11.6. The lowest BCUT2D eigenvalue weighted by atomic mass is 9.96. The Hall–Kier alpha value is -0.260. The van der Waals surface area contributed by atoms with Gasteiger partial charge in [-0.25, -0.2) is 0 Å². The summed E-state index contributed by atoms with van der Waals surface area (Å²) in [6, 6.07) is 0. The summed E-state index contributed by atoms with van der Waals surface area (Å²) in [5, 5.41) is 0. The Balaban J connectivity index is 1.75. The van der Waals surface area contributed by atoms with E-state index >= 15 is 0 Å². The Bertz CT molecular complexity index is 265. The number of carbonyl (C=O) groups is 1. The molecule has 4 nitrogen and oxygen atoms in total. The molecule has 1 saturated carbocycles. The van der Waals surface area contributed by atoms with E-state index in [1.165, 1.54) is 0 Å². The van der Waals surface area contributed by atoms with Crippen molar-refractivity contribution in [2.75, 3.05) is 18.1 Å². The molecule has 4 N–H and O–H groups in total. The molecule has 0 aromatic heterocycles. The maximum absolute atomic E-state index is 11.4. The minimum Gasteiger partial charge on any atom is -0.377 e. The minimum atomic E-state index is -0.788. The van der Waals surface area contributed by atoms with E-state index in [2.05, 4.69) is 0 Å². The highest BCUT2D eigenvalue weighted by molar-refractivity contribution is 7.99. The molecular weight excluding hydrogens is 224 g/mol. The van der Waals surface area contributed by atoms with Crippen LogP contribution in [-0.2, 0) is 9.53 Å². The highest BCUT2D eigenvalue weighted by Gasteiger charge is 2.46. The zero-order valence-corrected chi connectivity index (χ0v) is 10.3. The van der Waals surface area contributed by atoms with Gasteiger partial charge in [-0.05, 0) is 31.6 Å². The van der Waals surface area contributed by atoms with Gasteiger partial charge in [-0.2, -0.15) is 11.8 Å². The van der Waals surface area contributed by atoms with E-state index in [0.717, 1.165) is 38.0 Å². The maximum Gasteiger partial charge on any atom is 0.238 e. The topological polar surface area (TPSA) is 78.3 Å². The fraction of sp³-hybridized carbons (Fsp3) is 0.909. The number of nitrogens with two attached hydrogens (primary N) is 2. The summed E-state index contributed by atoms with van der Waals surface area (Å²) >= 11 is 1.70. The molecule has 2 fully saturated rings. The summed E-state index contributed by atoms with van der Waals surface area (Å²) in [5.41, 5.74) is 10.7. The standard InChI is InChI=1S/C11H20N2O2S/c12-10(14)11(13,8-3-4-8)7-16-6-9-2-1-5-15-9/h8-9H,1-7,13H2,(H2,12,14). The Labute approximate surface area is 100 Å². The summed E-state index contributed by atoms with van der Waals surface area (Å²) in [5.74, 6) is 1.52. The van der Waals surface area contributed by atoms with Crippen LogP contribution >= 0.6 is 11.8 Å². The van der Waals surface area contributed by atoms with E-state index in [0.29, 0.717) is 17.8 Å². The van der Waals surface area contributed by atoms with Gasteiger partial charge in [0, 0.05) is 18.1 Å². The van der Waals surface area contributed by atoms with E-state index in [4.69, 9.17) is 16.2 Å². The normalized spacial score (nSPS) is 28.9. The molecule has 2 rings (SSSR count). The zero-order valence-electron chi connectivity index (χ0n) is 9.48. The average Bonchev–Trinajstić information content (AvgIpc) is 2.98. The lowest BCUT2D eigenvalue weighted by molar-refractivity contribution is -0.123. The second kappa shape index (κ2) is 4.94. The van der Waals surface area contributed by atoms with Gasteiger partial charge in [-0.15, -0.1) is 0 Å². The van der Waals surface area contributed by atoms with E-state index in [1.54, 1.807) is 11.8 Å². The van der Waals surface area contributed by atoms with Crippen molar-refractivity contribution >= 4 is 17.7 Å². The monoisotopic (exact) mass is 244 g/mol. The summed E-state index contributed by atoms with van der Waals surface area (Å²) in [6.45, 7) is 0.872. The van der Waals surface area contributed by atoms with Crippen molar-refractivity contribution in [1.29, 1.82) is 0 Å². The van der Waals surface area contributed by atoms with Gasteiger partial charge < -0.3 is 16.2 Å². The van der Waals surface area contributed by atoms with Crippen molar-refractivity contribution in [1.82, 2.24) is 0 Å². The van der Waals surface area contributed by atoms with Gasteiger partial charge in [-0.3, -0.25) is 4.79 Å². The van der Waals surface area contributed by atoms with Crippen LogP contribution in [0.2, 0.25) is 0 Å². The van der Waals surface area contributed by atoms with Crippen LogP contribution in [0.25, 0.3) is 0 Å². The predicted molar refractivity (Wildman–Crippen MR) is 65.1 cm³/mol. The van der Waals surface area contributed by atoms with Crippen molar-refractivity contribution in [3.05, 3.63) is 0 Å². The van der Waals surface area contributed by atoms with Crippen LogP contribution in [0.15, 0.2) is 0 Å². The van der Waals surface area contributed by atoms with Gasteiger partial charge in [0.05, 0.1) is 6.10 Å². The third-order valence-corrected chi connectivity index (χ3v) is 4.72. The first kappa shape index (κ1) is 12.2. The summed E-state index contributed by atoms with van der Waals surface area (Å²) in [6.07, 6.45) is 4.71. The molecule has 1 heterocycles. The number of carbonyl (C=O) groups excluding carboxylic acids is 1. The van der Waals surface area contributed by atoms with Crippen LogP contribution in [0.5, 0.6) is 0 Å². The number of thioether (sulfide) groups is 1. The third kappa shape index (κ3) is 2.70. The minimum absolute atomic E-state index is 0.307. The summed E-state index contributed by atoms with van der Waals surface area (Å²) in [7, 11) is 0. The second-order valence-electron chi connectivity index (χ2n) is 4.83. The molecule has 16 heavy (non-hydrogen) atoms. The molecule has 1 aliphatic carbocycles. The van der Waals surface area contributed by atoms with E-state index in [-0.39, 0.29) is 5.91 Å². The molecular formula is C11H20N2O2S. The van der Waals surface area contributed by atoms with Gasteiger partial charge in [0.1, 0.15) is 5.54 Å². The molecule has 1 amide bonds. The molecule has 2 unspecified atom stereocenters. The lowest BCUT2D eigenvalue weighted by Gasteiger charge is -2.25. The second-order valence-corrected chi connectivity index (χ2v) is 5.86. The summed E-state index contributed by atoms with van der Waals surface area (Å²) in [4.78, 5) is 11.4. The van der Waals surface area contributed by atoms with Crippen LogP contribution in [0, 0.1) is 5.92 Å². The molecule has 2 aliphatic rings. The van der Waals surface area contributed by atoms with Gasteiger partial charge in [-0.1, -0.05) is 0 Å². The molecule has 5 heteroatoms. The highest BCUT2D eigenvalue weighted by atomic mass is 32.2. The Morgan fingerprint density at radius 1 is 1.44 bits per heavy atom. The van der Waals surface area contributed by atoms with E-state index < -0.39 is 5.54 Å². The average molecular weight is 244 g/mol. The van der Waals surface area contributed by atoms with Crippen molar-refractivity contribution < 1.29 is 9.53 Å². The number of amides is 1. The SMILES string of the molecule is NC(=O)C(N)(CSCC1CCCO1)C1CC1. The van der Waals surface area contributed by atoms with Crippen LogP contribution in [0.4, 0.5) is 0 Å². The maximum atomic E-state index is 11.4. The fourth-order valence-electron chi connectivity index (χ4n) is 2.12. The van der Waals surface area contributed by atoms with Crippen molar-refractivity contribution in [2.24, 2.45) is 17.4 Å². The Morgan fingerprint density at radius 2 is 2.19 bits per heavy atom. The molecule has 0 aromatic rings. The van der Waals surface area contributed by atoms with Crippen LogP contribution in [-0.4, -0.2) is 35.7 Å². The van der Waals surface area contributed by atoms with Crippen molar-refractivity contribution in [3.8, 4) is 0 Å². The van der Waals surface area contributed by atoms with Crippen molar-refractivity contribution in [2.45, 2.75) is 37.3 Å². The molecule has 2 atom stereocenters. The van der Waals surface area contributed by atoms with Crippen LogP contribution in [0.3, 0.4) is 0 Å². The molecule has 0 spiro atoms. The van der Waals surface area contributed by atoms with Crippen LogP contribution in [0.1, 0.15) is 25.7 Å². The first-order chi connectivity index (χ1) is 7.63. The number of primary amides is 1. The third-order valence-electron chi connectivity index (χ3n) is 3.43. The van der Waals surface area contributed by atoms with Gasteiger partial charge in [0.15, 0.2) is 0 Å². The van der Waals surface area contributed by atoms with Crippen LogP contribution < -0.4 is 11.5 Å². The number of ether oxygens (including phenoxy) is 1. The highest BCUT2D eigenvalue weighted by Crippen LogP contribution is 2.40. The fourth-order valence-corrected chi connectivity index (χ4v) is 3.48. The number of hydrogen-bond acceptors (Lipinski definition) is 4. The lowest BCUT2D eigenvalue weighted by Crippen LogP contribution is -2.56. The Kier molecular flexibility index (Phi) is 3.77. The molecule has 0 bridgehead atoms. The Morgan fingerprint density at radius 3 is 2.69 bits per heavy atom. The summed E-state index contributed by atoms with van der Waals surface area (Å²) < 4.78 is 5.53. The van der Waals surface area contributed by atoms with E-state index in [1.807, 2.05) is 0 Å². The predicted octanol–water partition coefficient (Wildman–Crippen LogP) is 0.491.